The van der Waals surface area contributed by atoms with Crippen molar-refractivity contribution in [2.75, 3.05) is 20.2 Å². The molecule has 33 heavy (non-hydrogen) atoms. The number of carbonyl (C=O) groups is 1. The fourth-order valence-electron chi connectivity index (χ4n) is 3.51. The summed E-state index contributed by atoms with van der Waals surface area (Å²) in [6, 6.07) is 12.3. The third-order valence-electron chi connectivity index (χ3n) is 5.25. The van der Waals surface area contributed by atoms with E-state index in [1.165, 1.54) is 17.0 Å². The minimum Gasteiger partial charge on any atom is -0.479 e. The Bertz CT molecular complexity index is 1210. The summed E-state index contributed by atoms with van der Waals surface area (Å²) >= 11 is 0. The molecule has 0 saturated carbocycles. The van der Waals surface area contributed by atoms with Crippen LogP contribution in [0.2, 0.25) is 0 Å². The number of amidine groups is 1. The number of carbonyl (C=O) groups excluding carboxylic acids is 1. The van der Waals surface area contributed by atoms with Gasteiger partial charge in [0.05, 0.1) is 37.1 Å². The lowest BCUT2D eigenvalue weighted by molar-refractivity contribution is 0.0203. The van der Waals surface area contributed by atoms with E-state index in [1.54, 1.807) is 41.2 Å². The minimum absolute atomic E-state index is 0.102. The second-order valence-electron chi connectivity index (χ2n) is 7.50. The Morgan fingerprint density at radius 1 is 1.24 bits per heavy atom. The lowest BCUT2D eigenvalue weighted by Gasteiger charge is -2.38. The Morgan fingerprint density at radius 2 is 2.00 bits per heavy atom. The number of aromatic nitrogens is 3. The standard InChI is InChI=1S/C23H25N7O3/c1-15-13-28(14-25-15)19-10-9-18(27-21(19)33-3)16(2)26-20-23(32)29(11-12-30(20)24)22(31)17-7-5-4-6-8-17/h4-10,13-14,23,32H,2,11-12,24H2,1,3H3/t23-/m1/s1. The van der Waals surface area contributed by atoms with Gasteiger partial charge in [-0.2, -0.15) is 0 Å². The monoisotopic (exact) mass is 447 g/mol. The summed E-state index contributed by atoms with van der Waals surface area (Å²) < 4.78 is 7.25. The summed E-state index contributed by atoms with van der Waals surface area (Å²) in [4.78, 5) is 27.3. The van der Waals surface area contributed by atoms with Crippen molar-refractivity contribution < 1.29 is 14.6 Å². The average Bonchev–Trinajstić information content (AvgIpc) is 3.27. The molecule has 170 valence electrons. The van der Waals surface area contributed by atoms with Gasteiger partial charge in [0, 0.05) is 18.3 Å². The van der Waals surface area contributed by atoms with Gasteiger partial charge in [-0.1, -0.05) is 24.8 Å². The maximum Gasteiger partial charge on any atom is 0.256 e. The number of hydrogen-bond donors (Lipinski definition) is 2. The number of ether oxygens (including phenoxy) is 1. The molecule has 1 aromatic carbocycles. The van der Waals surface area contributed by atoms with Crippen molar-refractivity contribution in [2.24, 2.45) is 10.8 Å². The van der Waals surface area contributed by atoms with E-state index in [2.05, 4.69) is 21.5 Å². The number of aliphatic hydroxyl groups excluding tert-OH is 1. The number of pyridine rings is 1. The molecule has 0 radical (unpaired) electrons. The zero-order valence-corrected chi connectivity index (χ0v) is 18.4. The first-order valence-electron chi connectivity index (χ1n) is 10.3. The number of aliphatic imine (C=N–C) groups is 1. The van der Waals surface area contributed by atoms with Gasteiger partial charge in [0.1, 0.15) is 5.69 Å². The molecule has 1 aliphatic rings. The topological polar surface area (TPSA) is 122 Å². The number of aryl methyl sites for hydroxylation is 1. The highest BCUT2D eigenvalue weighted by molar-refractivity contribution is 5.99. The molecule has 0 spiro atoms. The predicted molar refractivity (Wildman–Crippen MR) is 123 cm³/mol. The van der Waals surface area contributed by atoms with Crippen LogP contribution in [0.5, 0.6) is 5.88 Å². The number of aliphatic hydroxyl groups is 1. The van der Waals surface area contributed by atoms with E-state index in [-0.39, 0.29) is 24.0 Å². The Labute approximate surface area is 191 Å². The highest BCUT2D eigenvalue weighted by Crippen LogP contribution is 2.25. The third kappa shape index (κ3) is 4.47. The van der Waals surface area contributed by atoms with Crippen LogP contribution in [-0.2, 0) is 0 Å². The number of hydrogen-bond acceptors (Lipinski definition) is 7. The second-order valence-corrected chi connectivity index (χ2v) is 7.50. The van der Waals surface area contributed by atoms with E-state index < -0.39 is 6.23 Å². The fourth-order valence-corrected chi connectivity index (χ4v) is 3.51. The molecule has 2 aromatic heterocycles. The van der Waals surface area contributed by atoms with Crippen LogP contribution in [0.4, 0.5) is 0 Å². The van der Waals surface area contributed by atoms with Crippen LogP contribution in [0.1, 0.15) is 21.7 Å². The van der Waals surface area contributed by atoms with E-state index in [0.717, 1.165) is 5.69 Å². The van der Waals surface area contributed by atoms with Crippen LogP contribution in [0, 0.1) is 6.92 Å². The molecule has 3 heterocycles. The number of hydrazine groups is 1. The Morgan fingerprint density at radius 3 is 2.67 bits per heavy atom. The summed E-state index contributed by atoms with van der Waals surface area (Å²) in [5, 5.41) is 12.2. The molecule has 10 heteroatoms. The Hall–Kier alpha value is -4.02. The number of rotatable bonds is 5. The zero-order chi connectivity index (χ0) is 23.5. The molecule has 10 nitrogen and oxygen atoms in total. The van der Waals surface area contributed by atoms with Gasteiger partial charge in [0.15, 0.2) is 12.1 Å². The average molecular weight is 447 g/mol. The van der Waals surface area contributed by atoms with E-state index >= 15 is 0 Å². The Kier molecular flexibility index (Phi) is 6.20. The maximum atomic E-state index is 12.9. The smallest absolute Gasteiger partial charge is 0.256 e. The van der Waals surface area contributed by atoms with Crippen molar-refractivity contribution in [3.05, 3.63) is 78.5 Å². The largest absolute Gasteiger partial charge is 0.479 e. The number of amides is 1. The molecule has 1 amide bonds. The summed E-state index contributed by atoms with van der Waals surface area (Å²) in [7, 11) is 1.52. The molecule has 3 aromatic rings. The first-order chi connectivity index (χ1) is 15.9. The predicted octanol–water partition coefficient (Wildman–Crippen LogP) is 1.60. The highest BCUT2D eigenvalue weighted by Gasteiger charge is 2.34. The van der Waals surface area contributed by atoms with Crippen LogP contribution in [0.3, 0.4) is 0 Å². The normalized spacial score (nSPS) is 17.3. The van der Waals surface area contributed by atoms with E-state index in [1.807, 2.05) is 25.3 Å². The van der Waals surface area contributed by atoms with Crippen LogP contribution in [-0.4, -0.2) is 67.7 Å². The summed E-state index contributed by atoms with van der Waals surface area (Å²) in [6.45, 7) is 6.42. The first-order valence-corrected chi connectivity index (χ1v) is 10.3. The van der Waals surface area contributed by atoms with Gasteiger partial charge in [-0.25, -0.2) is 20.8 Å². The zero-order valence-electron chi connectivity index (χ0n) is 18.4. The summed E-state index contributed by atoms with van der Waals surface area (Å²) in [5.74, 6) is 6.22. The molecular weight excluding hydrogens is 422 g/mol. The van der Waals surface area contributed by atoms with Gasteiger partial charge in [0.2, 0.25) is 5.88 Å². The number of benzene rings is 1. The maximum absolute atomic E-state index is 12.9. The molecule has 0 aliphatic carbocycles. The fraction of sp³-hybridized carbons (Fsp3) is 0.217. The number of nitrogens with two attached hydrogens (primary N) is 1. The summed E-state index contributed by atoms with van der Waals surface area (Å²) in [5.41, 5.74) is 2.74. The van der Waals surface area contributed by atoms with Gasteiger partial charge in [-0.05, 0) is 31.2 Å². The molecule has 3 N–H and O–H groups in total. The second kappa shape index (κ2) is 9.23. The van der Waals surface area contributed by atoms with Crippen molar-refractivity contribution >= 4 is 17.4 Å². The third-order valence-corrected chi connectivity index (χ3v) is 5.25. The molecule has 1 aliphatic heterocycles. The van der Waals surface area contributed by atoms with Crippen molar-refractivity contribution in [3.8, 4) is 11.6 Å². The lowest BCUT2D eigenvalue weighted by atomic mass is 10.1. The molecule has 1 atom stereocenters. The molecule has 0 unspecified atom stereocenters. The van der Waals surface area contributed by atoms with E-state index in [0.29, 0.717) is 29.4 Å². The van der Waals surface area contributed by atoms with Gasteiger partial charge in [-0.15, -0.1) is 0 Å². The van der Waals surface area contributed by atoms with Crippen molar-refractivity contribution in [2.45, 2.75) is 13.2 Å². The molecule has 1 fully saturated rings. The van der Waals surface area contributed by atoms with Crippen LogP contribution in [0.25, 0.3) is 11.4 Å². The highest BCUT2D eigenvalue weighted by atomic mass is 16.5. The molecule has 0 bridgehead atoms. The van der Waals surface area contributed by atoms with Crippen molar-refractivity contribution in [1.82, 2.24) is 24.4 Å². The Balaban J connectivity index is 1.60. The first kappa shape index (κ1) is 22.2. The number of methoxy groups -OCH3 is 1. The lowest BCUT2D eigenvalue weighted by Crippen LogP contribution is -2.60. The summed E-state index contributed by atoms with van der Waals surface area (Å²) in [6.07, 6.45) is 2.20. The van der Waals surface area contributed by atoms with E-state index in [9.17, 15) is 9.90 Å². The van der Waals surface area contributed by atoms with Gasteiger partial charge < -0.3 is 19.3 Å². The molecule has 4 rings (SSSR count). The van der Waals surface area contributed by atoms with Crippen molar-refractivity contribution in [3.63, 3.8) is 0 Å². The molecule has 1 saturated heterocycles. The number of piperazine rings is 1. The minimum atomic E-state index is -1.33. The number of nitrogens with zero attached hydrogens (tertiary/aromatic N) is 6. The van der Waals surface area contributed by atoms with Crippen molar-refractivity contribution in [1.29, 1.82) is 0 Å². The van der Waals surface area contributed by atoms with Crippen LogP contribution >= 0.6 is 0 Å². The van der Waals surface area contributed by atoms with Crippen LogP contribution < -0.4 is 10.6 Å². The van der Waals surface area contributed by atoms with E-state index in [4.69, 9.17) is 10.6 Å². The van der Waals surface area contributed by atoms with Gasteiger partial charge in [-0.3, -0.25) is 9.80 Å². The SMILES string of the molecule is C=C(N=C1[C@@H](O)N(C(=O)c2ccccc2)CCN1N)c1ccc(-n2cnc(C)c2)c(OC)n1. The quantitative estimate of drug-likeness (QED) is 0.570. The van der Waals surface area contributed by atoms with Gasteiger partial charge >= 0.3 is 0 Å². The van der Waals surface area contributed by atoms with Gasteiger partial charge in [0.25, 0.3) is 5.91 Å². The van der Waals surface area contributed by atoms with Crippen LogP contribution in [0.15, 0.2) is 66.6 Å². The number of imidazole rings is 1. The molecular formula is C23H25N7O3.